The van der Waals surface area contributed by atoms with Gasteiger partial charge in [0, 0.05) is 38.0 Å². The van der Waals surface area contributed by atoms with E-state index in [0.717, 1.165) is 23.6 Å². The largest absolute Gasteiger partial charge is 0.490 e. The summed E-state index contributed by atoms with van der Waals surface area (Å²) in [6.07, 6.45) is 3.14. The van der Waals surface area contributed by atoms with Crippen molar-refractivity contribution in [2.24, 2.45) is 12.0 Å². The first-order valence-corrected chi connectivity index (χ1v) is 10.3. The summed E-state index contributed by atoms with van der Waals surface area (Å²) in [5.74, 6) is 1.84. The molecule has 0 atom stereocenters. The molecule has 0 amide bonds. The highest BCUT2D eigenvalue weighted by atomic mass is 19.1. The summed E-state index contributed by atoms with van der Waals surface area (Å²) in [5.41, 5.74) is 2.47. The molecular weight excluding hydrogens is 397 g/mol. The second-order valence-electron chi connectivity index (χ2n) is 7.22. The second kappa shape index (κ2) is 9.97. The Morgan fingerprint density at radius 3 is 2.77 bits per heavy atom. The molecule has 2 N–H and O–H groups in total. The van der Waals surface area contributed by atoms with Crippen LogP contribution in [0.3, 0.4) is 0 Å². The Labute approximate surface area is 180 Å². The van der Waals surface area contributed by atoms with Crippen molar-refractivity contribution in [2.45, 2.75) is 19.4 Å². The zero-order valence-electron chi connectivity index (χ0n) is 17.5. The summed E-state index contributed by atoms with van der Waals surface area (Å²) in [6.45, 7) is 2.26. The summed E-state index contributed by atoms with van der Waals surface area (Å²) in [5, 5.41) is 10.8. The fraction of sp³-hybridized carbons (Fsp3) is 0.304. The number of guanidine groups is 1. The molecule has 0 spiro atoms. The van der Waals surface area contributed by atoms with Crippen molar-refractivity contribution in [3.63, 3.8) is 0 Å². The van der Waals surface area contributed by atoms with Gasteiger partial charge in [-0.15, -0.1) is 0 Å². The first kappa shape index (κ1) is 20.7. The summed E-state index contributed by atoms with van der Waals surface area (Å²) < 4.78 is 27.2. The van der Waals surface area contributed by atoms with Gasteiger partial charge in [0.05, 0.1) is 25.5 Å². The van der Waals surface area contributed by atoms with E-state index in [1.54, 1.807) is 23.0 Å². The van der Waals surface area contributed by atoms with Gasteiger partial charge >= 0.3 is 0 Å². The molecule has 0 saturated carbocycles. The number of nitrogens with zero attached hydrogens (tertiary/aromatic N) is 3. The minimum atomic E-state index is -0.200. The van der Waals surface area contributed by atoms with Crippen LogP contribution in [0.25, 0.3) is 0 Å². The van der Waals surface area contributed by atoms with Crippen molar-refractivity contribution in [3.8, 4) is 11.5 Å². The number of anilines is 1. The highest BCUT2D eigenvalue weighted by Gasteiger charge is 2.12. The molecule has 0 unspecified atom stereocenters. The third-order valence-corrected chi connectivity index (χ3v) is 4.98. The molecule has 8 heteroatoms. The van der Waals surface area contributed by atoms with Crippen LogP contribution in [0.2, 0.25) is 0 Å². The lowest BCUT2D eigenvalue weighted by atomic mass is 10.1. The lowest BCUT2D eigenvalue weighted by molar-refractivity contribution is 0.297. The molecule has 0 fully saturated rings. The van der Waals surface area contributed by atoms with Crippen molar-refractivity contribution in [1.29, 1.82) is 0 Å². The highest BCUT2D eigenvalue weighted by Crippen LogP contribution is 2.32. The zero-order valence-corrected chi connectivity index (χ0v) is 17.5. The SMILES string of the molecule is Cn1nccc1CN=C(NCCc1ccccc1F)Nc1ccc2c(c1)OCCCO2. The number of halogens is 1. The summed E-state index contributed by atoms with van der Waals surface area (Å²) in [4.78, 5) is 4.67. The van der Waals surface area contributed by atoms with Crippen LogP contribution >= 0.6 is 0 Å². The van der Waals surface area contributed by atoms with Gasteiger partial charge in [-0.2, -0.15) is 5.10 Å². The van der Waals surface area contributed by atoms with E-state index in [0.29, 0.717) is 50.0 Å². The molecule has 0 saturated heterocycles. The van der Waals surface area contributed by atoms with Crippen LogP contribution in [0.15, 0.2) is 59.7 Å². The van der Waals surface area contributed by atoms with Crippen molar-refractivity contribution in [2.75, 3.05) is 25.1 Å². The Bertz CT molecular complexity index is 1050. The summed E-state index contributed by atoms with van der Waals surface area (Å²) in [7, 11) is 1.88. The highest BCUT2D eigenvalue weighted by molar-refractivity contribution is 5.94. The first-order chi connectivity index (χ1) is 15.2. The number of aliphatic imine (C=N–C) groups is 1. The monoisotopic (exact) mass is 423 g/mol. The van der Waals surface area contributed by atoms with Crippen molar-refractivity contribution >= 4 is 11.6 Å². The molecule has 4 rings (SSSR count). The van der Waals surface area contributed by atoms with E-state index >= 15 is 0 Å². The number of hydrogen-bond acceptors (Lipinski definition) is 4. The van der Waals surface area contributed by atoms with Crippen LogP contribution in [0.5, 0.6) is 11.5 Å². The minimum absolute atomic E-state index is 0.200. The molecule has 0 aliphatic carbocycles. The molecule has 3 aromatic rings. The Balaban J connectivity index is 1.47. The summed E-state index contributed by atoms with van der Waals surface area (Å²) >= 11 is 0. The van der Waals surface area contributed by atoms with Gasteiger partial charge in [-0.05, 0) is 36.2 Å². The van der Waals surface area contributed by atoms with Crippen molar-refractivity contribution < 1.29 is 13.9 Å². The van der Waals surface area contributed by atoms with E-state index in [2.05, 4.69) is 20.7 Å². The van der Waals surface area contributed by atoms with Gasteiger partial charge in [0.15, 0.2) is 17.5 Å². The van der Waals surface area contributed by atoms with Gasteiger partial charge in [-0.25, -0.2) is 9.38 Å². The molecular formula is C23H26FN5O2. The van der Waals surface area contributed by atoms with Gasteiger partial charge in [0.1, 0.15) is 5.82 Å². The van der Waals surface area contributed by atoms with Gasteiger partial charge in [0.2, 0.25) is 0 Å². The topological polar surface area (TPSA) is 72.7 Å². The summed E-state index contributed by atoms with van der Waals surface area (Å²) in [6, 6.07) is 14.4. The zero-order chi connectivity index (χ0) is 21.5. The molecule has 7 nitrogen and oxygen atoms in total. The number of hydrogen-bond donors (Lipinski definition) is 2. The normalized spacial score (nSPS) is 13.5. The average Bonchev–Trinajstić information content (AvgIpc) is 3.04. The van der Waals surface area contributed by atoms with Crippen molar-refractivity contribution in [1.82, 2.24) is 15.1 Å². The number of benzene rings is 2. The maximum absolute atomic E-state index is 13.9. The van der Waals surface area contributed by atoms with E-state index in [9.17, 15) is 4.39 Å². The third-order valence-electron chi connectivity index (χ3n) is 4.98. The van der Waals surface area contributed by atoms with E-state index in [-0.39, 0.29) is 5.82 Å². The van der Waals surface area contributed by atoms with Crippen LogP contribution in [0.4, 0.5) is 10.1 Å². The van der Waals surface area contributed by atoms with E-state index < -0.39 is 0 Å². The van der Waals surface area contributed by atoms with Gasteiger partial charge in [-0.1, -0.05) is 18.2 Å². The van der Waals surface area contributed by atoms with Crippen LogP contribution < -0.4 is 20.1 Å². The standard InChI is InChI=1S/C23H26FN5O2/c1-29-19(10-12-27-29)16-26-23(25-11-9-17-5-2-3-6-20(17)24)28-18-7-8-21-22(15-18)31-14-4-13-30-21/h2-3,5-8,10,12,15H,4,9,11,13-14,16H2,1H3,(H2,25,26,28). The first-order valence-electron chi connectivity index (χ1n) is 10.3. The number of aryl methyl sites for hydroxylation is 1. The average molecular weight is 423 g/mol. The van der Waals surface area contributed by atoms with E-state index in [1.165, 1.54) is 6.07 Å². The molecule has 2 heterocycles. The quantitative estimate of drug-likeness (QED) is 0.469. The Morgan fingerprint density at radius 2 is 1.97 bits per heavy atom. The Morgan fingerprint density at radius 1 is 1.13 bits per heavy atom. The molecule has 0 bridgehead atoms. The maximum atomic E-state index is 13.9. The number of ether oxygens (including phenoxy) is 2. The predicted molar refractivity (Wildman–Crippen MR) is 118 cm³/mol. The molecule has 1 aliphatic heterocycles. The fourth-order valence-corrected chi connectivity index (χ4v) is 3.25. The predicted octanol–water partition coefficient (Wildman–Crippen LogP) is 3.52. The van der Waals surface area contributed by atoms with Crippen LogP contribution in [-0.4, -0.2) is 35.5 Å². The van der Waals surface area contributed by atoms with Crippen LogP contribution in [0.1, 0.15) is 17.7 Å². The minimum Gasteiger partial charge on any atom is -0.490 e. The third kappa shape index (κ3) is 5.53. The second-order valence-corrected chi connectivity index (χ2v) is 7.22. The van der Waals surface area contributed by atoms with Crippen LogP contribution in [0, 0.1) is 5.82 Å². The smallest absolute Gasteiger partial charge is 0.196 e. The number of aromatic nitrogens is 2. The number of fused-ring (bicyclic) bond motifs is 1. The van der Waals surface area contributed by atoms with Crippen molar-refractivity contribution in [3.05, 3.63) is 71.8 Å². The Kier molecular flexibility index (Phi) is 6.66. The van der Waals surface area contributed by atoms with Gasteiger partial charge in [-0.3, -0.25) is 4.68 Å². The molecule has 0 radical (unpaired) electrons. The van der Waals surface area contributed by atoms with Crippen LogP contribution in [-0.2, 0) is 20.0 Å². The Hall–Kier alpha value is -3.55. The lowest BCUT2D eigenvalue weighted by Crippen LogP contribution is -2.32. The molecule has 1 aromatic heterocycles. The van der Waals surface area contributed by atoms with Gasteiger partial charge < -0.3 is 20.1 Å². The fourth-order valence-electron chi connectivity index (χ4n) is 3.25. The van der Waals surface area contributed by atoms with E-state index in [1.807, 2.05) is 37.4 Å². The number of nitrogens with one attached hydrogen (secondary N) is 2. The molecule has 1 aliphatic rings. The molecule has 2 aromatic carbocycles. The molecule has 31 heavy (non-hydrogen) atoms. The maximum Gasteiger partial charge on any atom is 0.196 e. The van der Waals surface area contributed by atoms with Gasteiger partial charge in [0.25, 0.3) is 0 Å². The number of rotatable bonds is 6. The lowest BCUT2D eigenvalue weighted by Gasteiger charge is -2.15. The van der Waals surface area contributed by atoms with E-state index in [4.69, 9.17) is 9.47 Å². The molecule has 162 valence electrons.